The Hall–Kier alpha value is -1.33. The van der Waals surface area contributed by atoms with Gasteiger partial charge in [0.25, 0.3) is 0 Å². The summed E-state index contributed by atoms with van der Waals surface area (Å²) in [6.07, 6.45) is 8.95. The molecule has 5 nitrogen and oxygen atoms in total. The van der Waals surface area contributed by atoms with Crippen LogP contribution in [-0.2, 0) is 0 Å². The third-order valence-electron chi connectivity index (χ3n) is 5.20. The van der Waals surface area contributed by atoms with Crippen LogP contribution < -0.4 is 15.0 Å². The number of pyridine rings is 1. The van der Waals surface area contributed by atoms with Gasteiger partial charge in [0.15, 0.2) is 0 Å². The lowest BCUT2D eigenvalue weighted by molar-refractivity contribution is 0.137. The van der Waals surface area contributed by atoms with E-state index in [1.54, 1.807) is 7.11 Å². The molecule has 21 heavy (non-hydrogen) atoms. The van der Waals surface area contributed by atoms with Crippen molar-refractivity contribution in [3.05, 3.63) is 18.3 Å². The number of methoxy groups -OCH3 is 1. The van der Waals surface area contributed by atoms with Crippen LogP contribution in [-0.4, -0.2) is 48.5 Å². The number of anilines is 1. The third kappa shape index (κ3) is 2.28. The molecule has 1 N–H and O–H groups in total. The summed E-state index contributed by atoms with van der Waals surface area (Å²) in [7, 11) is 1.66. The van der Waals surface area contributed by atoms with Crippen LogP contribution in [0.25, 0.3) is 0 Å². The fraction of sp³-hybridized carbons (Fsp3) is 0.688. The first-order valence-electron chi connectivity index (χ1n) is 8.15. The maximum atomic E-state index is 5.16. The highest BCUT2D eigenvalue weighted by Crippen LogP contribution is 2.34. The molecule has 2 saturated heterocycles. The van der Waals surface area contributed by atoms with Crippen molar-refractivity contribution in [1.29, 1.82) is 0 Å². The zero-order valence-electron chi connectivity index (χ0n) is 12.7. The van der Waals surface area contributed by atoms with Crippen LogP contribution in [0.3, 0.4) is 0 Å². The minimum atomic E-state index is 0.349. The largest absolute Gasteiger partial charge is 0.481 e. The zero-order valence-corrected chi connectivity index (χ0v) is 12.7. The second-order valence-electron chi connectivity index (χ2n) is 6.34. The summed E-state index contributed by atoms with van der Waals surface area (Å²) in [4.78, 5) is 9.51. The molecule has 1 saturated carbocycles. The van der Waals surface area contributed by atoms with Crippen LogP contribution in [0.5, 0.6) is 5.88 Å². The lowest BCUT2D eigenvalue weighted by atomic mass is 9.91. The number of aromatic nitrogens is 1. The molecule has 5 heteroatoms. The number of nitrogens with one attached hydrogen (secondary N) is 1. The van der Waals surface area contributed by atoms with Crippen molar-refractivity contribution in [3.8, 4) is 5.88 Å². The Morgan fingerprint density at radius 2 is 2.10 bits per heavy atom. The predicted molar refractivity (Wildman–Crippen MR) is 82.4 cm³/mol. The molecule has 114 valence electrons. The second-order valence-corrected chi connectivity index (χ2v) is 6.34. The Balaban J connectivity index is 1.57. The van der Waals surface area contributed by atoms with Gasteiger partial charge in [0.1, 0.15) is 6.29 Å². The molecule has 0 bridgehead atoms. The standard InChI is InChI=1S/C16H24N4O/c1-21-15-8-7-12(11-17-15)19-9-4-10-20-14-6-3-2-5-13(14)18-16(19)20/h7-8,11,13-14,16,18H,2-6,9-10H2,1H3. The Kier molecular flexibility index (Phi) is 3.47. The highest BCUT2D eigenvalue weighted by molar-refractivity contribution is 5.47. The predicted octanol–water partition coefficient (Wildman–Crippen LogP) is 1.80. The monoisotopic (exact) mass is 288 g/mol. The van der Waals surface area contributed by atoms with E-state index in [1.807, 2.05) is 12.3 Å². The van der Waals surface area contributed by atoms with Crippen molar-refractivity contribution >= 4 is 5.69 Å². The number of fused-ring (bicyclic) bond motifs is 3. The molecule has 3 heterocycles. The van der Waals surface area contributed by atoms with Gasteiger partial charge in [0.05, 0.1) is 19.0 Å². The Bertz CT molecular complexity index is 492. The van der Waals surface area contributed by atoms with Gasteiger partial charge in [-0.15, -0.1) is 0 Å². The number of nitrogens with zero attached hydrogens (tertiary/aromatic N) is 3. The second kappa shape index (κ2) is 5.46. The minimum absolute atomic E-state index is 0.349. The van der Waals surface area contributed by atoms with Gasteiger partial charge in [0.2, 0.25) is 5.88 Å². The topological polar surface area (TPSA) is 40.6 Å². The van der Waals surface area contributed by atoms with E-state index >= 15 is 0 Å². The van der Waals surface area contributed by atoms with E-state index in [-0.39, 0.29) is 0 Å². The van der Waals surface area contributed by atoms with Crippen LogP contribution >= 0.6 is 0 Å². The maximum absolute atomic E-state index is 5.16. The molecule has 0 radical (unpaired) electrons. The van der Waals surface area contributed by atoms with E-state index in [0.717, 1.165) is 12.6 Å². The molecule has 3 atom stereocenters. The fourth-order valence-electron chi connectivity index (χ4n) is 4.21. The molecule has 3 unspecified atom stereocenters. The van der Waals surface area contributed by atoms with Crippen LogP contribution in [0.1, 0.15) is 32.1 Å². The molecule has 3 fully saturated rings. The molecule has 3 aliphatic rings. The van der Waals surface area contributed by atoms with Crippen molar-refractivity contribution < 1.29 is 4.74 Å². The van der Waals surface area contributed by atoms with Crippen LogP contribution in [0.4, 0.5) is 5.69 Å². The average molecular weight is 288 g/mol. The van der Waals surface area contributed by atoms with Crippen molar-refractivity contribution in [2.45, 2.75) is 50.5 Å². The number of ether oxygens (including phenoxy) is 1. The van der Waals surface area contributed by atoms with E-state index in [0.29, 0.717) is 18.2 Å². The highest BCUT2D eigenvalue weighted by atomic mass is 16.5. The summed E-state index contributed by atoms with van der Waals surface area (Å²) in [5.74, 6) is 0.681. The number of hydrogen-bond acceptors (Lipinski definition) is 5. The van der Waals surface area contributed by atoms with E-state index in [1.165, 1.54) is 44.3 Å². The van der Waals surface area contributed by atoms with E-state index < -0.39 is 0 Å². The van der Waals surface area contributed by atoms with Gasteiger partial charge in [-0.1, -0.05) is 12.8 Å². The number of hydrogen-bond donors (Lipinski definition) is 1. The van der Waals surface area contributed by atoms with Gasteiger partial charge in [-0.2, -0.15) is 0 Å². The summed E-state index contributed by atoms with van der Waals surface area (Å²) in [5.41, 5.74) is 1.19. The summed E-state index contributed by atoms with van der Waals surface area (Å²) in [5, 5.41) is 3.86. The summed E-state index contributed by atoms with van der Waals surface area (Å²) < 4.78 is 5.16. The molecule has 0 aromatic carbocycles. The Labute approximate surface area is 126 Å². The first-order valence-corrected chi connectivity index (χ1v) is 8.15. The van der Waals surface area contributed by atoms with Gasteiger partial charge in [0, 0.05) is 31.2 Å². The maximum Gasteiger partial charge on any atom is 0.213 e. The molecule has 4 rings (SSSR count). The van der Waals surface area contributed by atoms with Crippen molar-refractivity contribution in [2.24, 2.45) is 0 Å². The van der Waals surface area contributed by atoms with Crippen LogP contribution in [0.15, 0.2) is 18.3 Å². The Morgan fingerprint density at radius 3 is 2.90 bits per heavy atom. The van der Waals surface area contributed by atoms with Crippen molar-refractivity contribution in [1.82, 2.24) is 15.2 Å². The molecule has 1 aromatic rings. The lowest BCUT2D eigenvalue weighted by Crippen LogP contribution is -2.56. The SMILES string of the molecule is COc1ccc(N2CCCN3C4CCCCC4NC23)cn1. The average Bonchev–Trinajstić information content (AvgIpc) is 2.94. The van der Waals surface area contributed by atoms with E-state index in [2.05, 4.69) is 26.2 Å². The zero-order chi connectivity index (χ0) is 14.2. The van der Waals surface area contributed by atoms with Gasteiger partial charge in [-0.25, -0.2) is 4.98 Å². The Morgan fingerprint density at radius 1 is 1.19 bits per heavy atom. The van der Waals surface area contributed by atoms with Crippen molar-refractivity contribution in [2.75, 3.05) is 25.1 Å². The van der Waals surface area contributed by atoms with Crippen molar-refractivity contribution in [3.63, 3.8) is 0 Å². The lowest BCUT2D eigenvalue weighted by Gasteiger charge is -2.42. The van der Waals surface area contributed by atoms with Gasteiger partial charge in [-0.3, -0.25) is 10.2 Å². The molecule has 1 aliphatic carbocycles. The molecule has 1 aromatic heterocycles. The van der Waals surface area contributed by atoms with Crippen LogP contribution in [0.2, 0.25) is 0 Å². The van der Waals surface area contributed by atoms with Gasteiger partial charge < -0.3 is 9.64 Å². The minimum Gasteiger partial charge on any atom is -0.481 e. The first kappa shape index (κ1) is 13.3. The molecule has 0 spiro atoms. The molecule has 0 amide bonds. The van der Waals surface area contributed by atoms with E-state index in [4.69, 9.17) is 4.74 Å². The summed E-state index contributed by atoms with van der Waals surface area (Å²) in [6.45, 7) is 2.32. The normalized spacial score (nSPS) is 32.6. The van der Waals surface area contributed by atoms with Gasteiger partial charge in [-0.05, 0) is 25.3 Å². The van der Waals surface area contributed by atoms with Crippen LogP contribution in [0, 0.1) is 0 Å². The summed E-state index contributed by atoms with van der Waals surface area (Å²) >= 11 is 0. The smallest absolute Gasteiger partial charge is 0.213 e. The van der Waals surface area contributed by atoms with Gasteiger partial charge >= 0.3 is 0 Å². The fourth-order valence-corrected chi connectivity index (χ4v) is 4.21. The number of rotatable bonds is 2. The quantitative estimate of drug-likeness (QED) is 0.898. The van der Waals surface area contributed by atoms with E-state index in [9.17, 15) is 0 Å². The first-order chi connectivity index (χ1) is 10.4. The molecular weight excluding hydrogens is 264 g/mol. The highest BCUT2D eigenvalue weighted by Gasteiger charge is 2.45. The molecule has 2 aliphatic heterocycles. The third-order valence-corrected chi connectivity index (χ3v) is 5.20. The molecular formula is C16H24N4O. The summed E-state index contributed by atoms with van der Waals surface area (Å²) in [6, 6.07) is 5.49.